The van der Waals surface area contributed by atoms with Crippen LogP contribution in [0.3, 0.4) is 0 Å². The second-order valence-corrected chi connectivity index (χ2v) is 2.31. The summed E-state index contributed by atoms with van der Waals surface area (Å²) in [5, 5.41) is 8.12. The van der Waals surface area contributed by atoms with E-state index in [1.165, 1.54) is 0 Å². The first-order chi connectivity index (χ1) is 4.93. The number of nitrogens with zero attached hydrogens (tertiary/aromatic N) is 1. The van der Waals surface area contributed by atoms with E-state index in [1.807, 2.05) is 6.07 Å². The Morgan fingerprint density at radius 3 is 3.20 bits per heavy atom. The van der Waals surface area contributed by atoms with Gasteiger partial charge in [-0.05, 0) is 12.8 Å². The molecule has 10 heavy (non-hydrogen) atoms. The van der Waals surface area contributed by atoms with Crippen molar-refractivity contribution in [1.82, 2.24) is 0 Å². The Morgan fingerprint density at radius 2 is 2.60 bits per heavy atom. The average Bonchev–Trinajstić information content (AvgIpc) is 2.41. The molecule has 0 radical (unpaired) electrons. The average molecular weight is 141 g/mol. The Morgan fingerprint density at radius 1 is 1.70 bits per heavy atom. The van der Waals surface area contributed by atoms with E-state index in [0.717, 1.165) is 19.4 Å². The topological polar surface area (TPSA) is 42.2 Å². The van der Waals surface area contributed by atoms with Crippen LogP contribution in [0.2, 0.25) is 0 Å². The fourth-order valence-corrected chi connectivity index (χ4v) is 1.01. The molecule has 0 unspecified atom stereocenters. The van der Waals surface area contributed by atoms with Crippen LogP contribution < -0.4 is 0 Å². The van der Waals surface area contributed by atoms with Gasteiger partial charge in [0.1, 0.15) is 6.61 Å². The normalized spacial score (nSPS) is 24.5. The van der Waals surface area contributed by atoms with E-state index in [0.29, 0.717) is 6.61 Å². The molecule has 1 atom stereocenters. The molecular weight excluding hydrogens is 130 g/mol. The molecule has 0 aromatic rings. The Bertz CT molecular complexity index is 124. The molecule has 0 amide bonds. The number of hydrogen-bond acceptors (Lipinski definition) is 3. The van der Waals surface area contributed by atoms with Gasteiger partial charge in [-0.15, -0.1) is 0 Å². The van der Waals surface area contributed by atoms with E-state index in [4.69, 9.17) is 14.7 Å². The molecule has 3 nitrogen and oxygen atoms in total. The van der Waals surface area contributed by atoms with Gasteiger partial charge in [0.05, 0.1) is 18.8 Å². The molecule has 3 heteroatoms. The second kappa shape index (κ2) is 4.26. The summed E-state index contributed by atoms with van der Waals surface area (Å²) in [5.74, 6) is 0. The predicted molar refractivity (Wildman–Crippen MR) is 35.4 cm³/mol. The lowest BCUT2D eigenvalue weighted by atomic mass is 10.2. The zero-order chi connectivity index (χ0) is 7.23. The highest BCUT2D eigenvalue weighted by Crippen LogP contribution is 2.11. The van der Waals surface area contributed by atoms with Crippen molar-refractivity contribution in [2.24, 2.45) is 0 Å². The van der Waals surface area contributed by atoms with Gasteiger partial charge in [-0.2, -0.15) is 5.26 Å². The Balaban J connectivity index is 1.97. The molecular formula is C7H11NO2. The molecule has 0 aliphatic carbocycles. The van der Waals surface area contributed by atoms with Crippen LogP contribution in [0.25, 0.3) is 0 Å². The summed E-state index contributed by atoms with van der Waals surface area (Å²) in [7, 11) is 0. The van der Waals surface area contributed by atoms with Crippen LogP contribution in [0.1, 0.15) is 12.8 Å². The zero-order valence-electron chi connectivity index (χ0n) is 5.88. The summed E-state index contributed by atoms with van der Waals surface area (Å²) in [6, 6.07) is 1.91. The molecule has 0 aromatic heterocycles. The molecule has 56 valence electrons. The van der Waals surface area contributed by atoms with Crippen molar-refractivity contribution in [3.8, 4) is 6.07 Å². The van der Waals surface area contributed by atoms with Crippen LogP contribution in [0.5, 0.6) is 0 Å². The Hall–Kier alpha value is -0.590. The molecule has 0 bridgehead atoms. The maximum absolute atomic E-state index is 8.12. The molecule has 1 saturated heterocycles. The van der Waals surface area contributed by atoms with Crippen molar-refractivity contribution >= 4 is 0 Å². The molecule has 0 spiro atoms. The fourth-order valence-electron chi connectivity index (χ4n) is 1.01. The summed E-state index contributed by atoms with van der Waals surface area (Å²) in [6.45, 7) is 1.61. The monoisotopic (exact) mass is 141 g/mol. The molecule has 1 heterocycles. The highest BCUT2D eigenvalue weighted by molar-refractivity contribution is 4.69. The van der Waals surface area contributed by atoms with Gasteiger partial charge in [0, 0.05) is 6.61 Å². The van der Waals surface area contributed by atoms with E-state index in [1.54, 1.807) is 0 Å². The highest BCUT2D eigenvalue weighted by Gasteiger charge is 2.14. The predicted octanol–water partition coefficient (Wildman–Crippen LogP) is 0.706. The van der Waals surface area contributed by atoms with Crippen LogP contribution in [0.4, 0.5) is 0 Å². The fraction of sp³-hybridized carbons (Fsp3) is 0.857. The van der Waals surface area contributed by atoms with Crippen molar-refractivity contribution in [1.29, 1.82) is 5.26 Å². The van der Waals surface area contributed by atoms with Gasteiger partial charge in [0.15, 0.2) is 0 Å². The lowest BCUT2D eigenvalue weighted by Gasteiger charge is -2.06. The summed E-state index contributed by atoms with van der Waals surface area (Å²) in [6.07, 6.45) is 2.44. The van der Waals surface area contributed by atoms with Gasteiger partial charge >= 0.3 is 0 Å². The van der Waals surface area contributed by atoms with Gasteiger partial charge in [-0.1, -0.05) is 0 Å². The molecule has 1 rings (SSSR count). The van der Waals surface area contributed by atoms with Crippen molar-refractivity contribution in [2.75, 3.05) is 19.8 Å². The summed E-state index contributed by atoms with van der Waals surface area (Å²) < 4.78 is 10.2. The maximum Gasteiger partial charge on any atom is 0.133 e. The van der Waals surface area contributed by atoms with E-state index in [9.17, 15) is 0 Å². The first kappa shape index (κ1) is 7.52. The maximum atomic E-state index is 8.12. The zero-order valence-corrected chi connectivity index (χ0v) is 5.88. The first-order valence-corrected chi connectivity index (χ1v) is 3.50. The van der Waals surface area contributed by atoms with Gasteiger partial charge in [0.25, 0.3) is 0 Å². The quantitative estimate of drug-likeness (QED) is 0.543. The van der Waals surface area contributed by atoms with Gasteiger partial charge in [0.2, 0.25) is 0 Å². The van der Waals surface area contributed by atoms with Crippen LogP contribution in [0, 0.1) is 11.3 Å². The van der Waals surface area contributed by atoms with Crippen LogP contribution in [-0.4, -0.2) is 25.9 Å². The third-order valence-electron chi connectivity index (χ3n) is 1.49. The number of nitriles is 1. The molecule has 0 N–H and O–H groups in total. The third-order valence-corrected chi connectivity index (χ3v) is 1.49. The minimum Gasteiger partial charge on any atom is -0.376 e. The smallest absolute Gasteiger partial charge is 0.133 e. The van der Waals surface area contributed by atoms with Crippen molar-refractivity contribution in [3.05, 3.63) is 0 Å². The molecule has 1 fully saturated rings. The largest absolute Gasteiger partial charge is 0.376 e. The standard InChI is InChI=1S/C7H11NO2/c8-3-5-9-6-7-2-1-4-10-7/h7H,1-2,4-6H2/t7-/m1/s1. The number of rotatable bonds is 3. The molecule has 1 aliphatic heterocycles. The lowest BCUT2D eigenvalue weighted by Crippen LogP contribution is -2.13. The minimum absolute atomic E-state index is 0.180. The van der Waals surface area contributed by atoms with Crippen molar-refractivity contribution in [3.63, 3.8) is 0 Å². The van der Waals surface area contributed by atoms with E-state index in [2.05, 4.69) is 0 Å². The highest BCUT2D eigenvalue weighted by atomic mass is 16.5. The van der Waals surface area contributed by atoms with Gasteiger partial charge < -0.3 is 9.47 Å². The molecule has 0 aromatic carbocycles. The third kappa shape index (κ3) is 2.34. The number of ether oxygens (including phenoxy) is 2. The van der Waals surface area contributed by atoms with E-state index < -0.39 is 0 Å². The van der Waals surface area contributed by atoms with Crippen LogP contribution >= 0.6 is 0 Å². The van der Waals surface area contributed by atoms with E-state index >= 15 is 0 Å². The van der Waals surface area contributed by atoms with Crippen molar-refractivity contribution < 1.29 is 9.47 Å². The van der Waals surface area contributed by atoms with Gasteiger partial charge in [-0.3, -0.25) is 0 Å². The molecule has 1 aliphatic rings. The van der Waals surface area contributed by atoms with Gasteiger partial charge in [-0.25, -0.2) is 0 Å². The number of hydrogen-bond donors (Lipinski definition) is 0. The first-order valence-electron chi connectivity index (χ1n) is 3.50. The van der Waals surface area contributed by atoms with Crippen LogP contribution in [0.15, 0.2) is 0 Å². The molecule has 0 saturated carbocycles. The summed E-state index contributed by atoms with van der Waals surface area (Å²) in [4.78, 5) is 0. The minimum atomic E-state index is 0.180. The lowest BCUT2D eigenvalue weighted by molar-refractivity contribution is 0.0279. The second-order valence-electron chi connectivity index (χ2n) is 2.31. The Kier molecular flexibility index (Phi) is 3.20. The van der Waals surface area contributed by atoms with Crippen LogP contribution in [-0.2, 0) is 9.47 Å². The Labute approximate surface area is 60.5 Å². The summed E-state index contributed by atoms with van der Waals surface area (Å²) >= 11 is 0. The SMILES string of the molecule is N#CCOC[C@H]1CCCO1. The van der Waals surface area contributed by atoms with Crippen molar-refractivity contribution in [2.45, 2.75) is 18.9 Å². The summed E-state index contributed by atoms with van der Waals surface area (Å²) in [5.41, 5.74) is 0. The van der Waals surface area contributed by atoms with E-state index in [-0.39, 0.29) is 12.7 Å².